The zero-order valence-electron chi connectivity index (χ0n) is 18.0. The molecule has 2 aliphatic heterocycles. The Balaban J connectivity index is 1.31. The molecule has 1 aromatic rings. The zero-order valence-corrected chi connectivity index (χ0v) is 18.0. The van der Waals surface area contributed by atoms with Gasteiger partial charge in [-0.2, -0.15) is 0 Å². The van der Waals surface area contributed by atoms with Gasteiger partial charge in [0.1, 0.15) is 5.75 Å². The molecule has 7 heteroatoms. The summed E-state index contributed by atoms with van der Waals surface area (Å²) in [6, 6.07) is 7.20. The summed E-state index contributed by atoms with van der Waals surface area (Å²) in [7, 11) is 1.59. The third kappa shape index (κ3) is 3.68. The van der Waals surface area contributed by atoms with Crippen LogP contribution in [-0.4, -0.2) is 37.1 Å². The third-order valence-corrected chi connectivity index (χ3v) is 6.61. The molecule has 32 heavy (non-hydrogen) atoms. The molecule has 0 aromatic heterocycles. The van der Waals surface area contributed by atoms with E-state index < -0.39 is 5.92 Å². The first kappa shape index (κ1) is 20.4. The standard InChI is InChI=1S/C25H25N3O4/c1-32-18-9-7-17(8-10-18)28-14-15(12-23(28)29)24(30)26-16-6-11-20-19-4-2-3-5-21(19)25(31)27-22(20)13-16/h6-11,13,15,20H,2-5,12,14H2,1H3,(H,27,31). The molecule has 1 N–H and O–H groups in total. The SMILES string of the molecule is COc1ccc(N2CC(C(=O)N=C3C=CC4C(=C3)NC(=O)C3=C4CCCC3)CC2=O)cc1. The second-order valence-corrected chi connectivity index (χ2v) is 8.58. The van der Waals surface area contributed by atoms with Crippen LogP contribution >= 0.6 is 0 Å². The predicted molar refractivity (Wildman–Crippen MR) is 120 cm³/mol. The quantitative estimate of drug-likeness (QED) is 0.797. The molecule has 1 saturated heterocycles. The lowest BCUT2D eigenvalue weighted by atomic mass is 9.77. The van der Waals surface area contributed by atoms with Crippen molar-refractivity contribution in [2.24, 2.45) is 16.8 Å². The highest BCUT2D eigenvalue weighted by Gasteiger charge is 2.36. The maximum Gasteiger partial charge on any atom is 0.251 e. The molecule has 0 saturated carbocycles. The van der Waals surface area contributed by atoms with E-state index in [9.17, 15) is 14.4 Å². The highest BCUT2D eigenvalue weighted by atomic mass is 16.5. The Morgan fingerprint density at radius 3 is 2.72 bits per heavy atom. The van der Waals surface area contributed by atoms with Crippen molar-refractivity contribution in [3.05, 3.63) is 59.3 Å². The van der Waals surface area contributed by atoms with E-state index in [1.807, 2.05) is 24.3 Å². The number of hydrogen-bond donors (Lipinski definition) is 1. The van der Waals surface area contributed by atoms with Gasteiger partial charge in [-0.3, -0.25) is 14.4 Å². The summed E-state index contributed by atoms with van der Waals surface area (Å²) in [6.45, 7) is 0.302. The topological polar surface area (TPSA) is 88.1 Å². The van der Waals surface area contributed by atoms with Crippen LogP contribution in [-0.2, 0) is 14.4 Å². The molecule has 0 bridgehead atoms. The number of hydrogen-bond acceptors (Lipinski definition) is 4. The van der Waals surface area contributed by atoms with Crippen molar-refractivity contribution in [3.8, 4) is 5.75 Å². The number of benzene rings is 1. The van der Waals surface area contributed by atoms with Crippen LogP contribution in [0.3, 0.4) is 0 Å². The number of ether oxygens (including phenoxy) is 1. The predicted octanol–water partition coefficient (Wildman–Crippen LogP) is 3.09. The van der Waals surface area contributed by atoms with Crippen molar-refractivity contribution in [1.82, 2.24) is 5.32 Å². The molecule has 2 heterocycles. The summed E-state index contributed by atoms with van der Waals surface area (Å²) in [6.07, 6.45) is 9.71. The van der Waals surface area contributed by atoms with Crippen LogP contribution in [0.15, 0.2) is 64.3 Å². The van der Waals surface area contributed by atoms with Crippen molar-refractivity contribution in [1.29, 1.82) is 0 Å². The monoisotopic (exact) mass is 431 g/mol. The molecule has 2 atom stereocenters. The first-order valence-electron chi connectivity index (χ1n) is 11.0. The highest BCUT2D eigenvalue weighted by molar-refractivity contribution is 6.13. The van der Waals surface area contributed by atoms with Crippen LogP contribution in [0.25, 0.3) is 0 Å². The number of nitrogens with one attached hydrogen (secondary N) is 1. The number of carbonyl (C=O) groups is 3. The Morgan fingerprint density at radius 2 is 1.94 bits per heavy atom. The summed E-state index contributed by atoms with van der Waals surface area (Å²) in [5, 5.41) is 2.98. The Bertz CT molecular complexity index is 1110. The van der Waals surface area contributed by atoms with Gasteiger partial charge in [-0.1, -0.05) is 6.08 Å². The fourth-order valence-corrected chi connectivity index (χ4v) is 4.92. The number of amides is 3. The summed E-state index contributed by atoms with van der Waals surface area (Å²) in [4.78, 5) is 43.7. The molecule has 2 aliphatic carbocycles. The molecule has 164 valence electrons. The maximum absolute atomic E-state index is 12.8. The Kier molecular flexibility index (Phi) is 5.25. The first-order chi connectivity index (χ1) is 15.5. The lowest BCUT2D eigenvalue weighted by Gasteiger charge is -2.33. The van der Waals surface area contributed by atoms with Crippen molar-refractivity contribution < 1.29 is 19.1 Å². The number of aliphatic imine (C=N–C) groups is 1. The molecule has 2 unspecified atom stereocenters. The molecule has 0 spiro atoms. The third-order valence-electron chi connectivity index (χ3n) is 6.61. The molecular weight excluding hydrogens is 406 g/mol. The van der Waals surface area contributed by atoms with E-state index in [-0.39, 0.29) is 30.1 Å². The normalized spacial score (nSPS) is 26.0. The van der Waals surface area contributed by atoms with Gasteiger partial charge < -0.3 is 15.0 Å². The lowest BCUT2D eigenvalue weighted by molar-refractivity contribution is -0.123. The van der Waals surface area contributed by atoms with E-state index in [1.54, 1.807) is 30.2 Å². The average Bonchev–Trinajstić information content (AvgIpc) is 3.21. The van der Waals surface area contributed by atoms with E-state index in [0.717, 1.165) is 42.6 Å². The van der Waals surface area contributed by atoms with Gasteiger partial charge in [0.15, 0.2) is 0 Å². The van der Waals surface area contributed by atoms with Crippen molar-refractivity contribution in [3.63, 3.8) is 0 Å². The van der Waals surface area contributed by atoms with E-state index in [2.05, 4.69) is 10.3 Å². The fourth-order valence-electron chi connectivity index (χ4n) is 4.92. The number of anilines is 1. The van der Waals surface area contributed by atoms with Gasteiger partial charge in [0.2, 0.25) is 5.91 Å². The van der Waals surface area contributed by atoms with Crippen LogP contribution in [0, 0.1) is 11.8 Å². The van der Waals surface area contributed by atoms with E-state index >= 15 is 0 Å². The molecule has 7 nitrogen and oxygen atoms in total. The summed E-state index contributed by atoms with van der Waals surface area (Å²) in [5.74, 6) is -0.155. The van der Waals surface area contributed by atoms with Crippen molar-refractivity contribution >= 4 is 29.1 Å². The Morgan fingerprint density at radius 1 is 1.16 bits per heavy atom. The van der Waals surface area contributed by atoms with Crippen LogP contribution in [0.4, 0.5) is 5.69 Å². The van der Waals surface area contributed by atoms with Gasteiger partial charge in [0, 0.05) is 35.8 Å². The second-order valence-electron chi connectivity index (χ2n) is 8.58. The molecule has 4 aliphatic rings. The van der Waals surface area contributed by atoms with Gasteiger partial charge in [0.05, 0.1) is 18.7 Å². The minimum absolute atomic E-state index is 0.0281. The highest BCUT2D eigenvalue weighted by Crippen LogP contribution is 2.38. The molecule has 1 aromatic carbocycles. The van der Waals surface area contributed by atoms with Crippen molar-refractivity contribution in [2.45, 2.75) is 32.1 Å². The van der Waals surface area contributed by atoms with E-state index in [1.165, 1.54) is 5.57 Å². The first-order valence-corrected chi connectivity index (χ1v) is 11.0. The number of rotatable bonds is 3. The summed E-state index contributed by atoms with van der Waals surface area (Å²) < 4.78 is 5.16. The van der Waals surface area contributed by atoms with Crippen LogP contribution in [0.2, 0.25) is 0 Å². The molecular formula is C25H25N3O4. The second kappa shape index (κ2) is 8.22. The minimum atomic E-state index is -0.491. The number of carbonyl (C=O) groups excluding carboxylic acids is 3. The summed E-state index contributed by atoms with van der Waals surface area (Å²) >= 11 is 0. The number of nitrogens with zero attached hydrogens (tertiary/aromatic N) is 2. The van der Waals surface area contributed by atoms with Crippen LogP contribution < -0.4 is 15.0 Å². The number of allylic oxidation sites excluding steroid dienone is 3. The summed E-state index contributed by atoms with van der Waals surface area (Å²) in [5.41, 5.74) is 4.15. The fraction of sp³-hybridized carbons (Fsp3) is 0.360. The Hall–Kier alpha value is -3.48. The maximum atomic E-state index is 12.8. The van der Waals surface area contributed by atoms with Gasteiger partial charge in [0.25, 0.3) is 11.8 Å². The zero-order chi connectivity index (χ0) is 22.2. The Labute approximate surface area is 186 Å². The molecule has 3 amide bonds. The number of methoxy groups -OCH3 is 1. The van der Waals surface area contributed by atoms with Gasteiger partial charge in [-0.15, -0.1) is 0 Å². The smallest absolute Gasteiger partial charge is 0.251 e. The van der Waals surface area contributed by atoms with Gasteiger partial charge in [-0.05, 0) is 67.7 Å². The molecule has 0 radical (unpaired) electrons. The minimum Gasteiger partial charge on any atom is -0.497 e. The van der Waals surface area contributed by atoms with Crippen LogP contribution in [0.5, 0.6) is 5.75 Å². The molecule has 5 rings (SSSR count). The van der Waals surface area contributed by atoms with E-state index in [4.69, 9.17) is 4.74 Å². The van der Waals surface area contributed by atoms with Crippen LogP contribution in [0.1, 0.15) is 32.1 Å². The van der Waals surface area contributed by atoms with Crippen molar-refractivity contribution in [2.75, 3.05) is 18.6 Å². The largest absolute Gasteiger partial charge is 0.497 e. The van der Waals surface area contributed by atoms with E-state index in [0.29, 0.717) is 18.0 Å². The number of fused-ring (bicyclic) bond motifs is 2. The lowest BCUT2D eigenvalue weighted by Crippen LogP contribution is -2.37. The average molecular weight is 431 g/mol. The molecule has 1 fully saturated rings. The van der Waals surface area contributed by atoms with Gasteiger partial charge >= 0.3 is 0 Å². The van der Waals surface area contributed by atoms with Gasteiger partial charge in [-0.25, -0.2) is 4.99 Å².